The van der Waals surface area contributed by atoms with Gasteiger partial charge in [-0.25, -0.2) is 4.79 Å². The van der Waals surface area contributed by atoms with Crippen molar-refractivity contribution in [2.75, 3.05) is 13.2 Å². The molecule has 1 aromatic carbocycles. The van der Waals surface area contributed by atoms with Crippen LogP contribution in [0.25, 0.3) is 0 Å². The number of amides is 1. The van der Waals surface area contributed by atoms with Crippen molar-refractivity contribution >= 4 is 6.09 Å². The first-order valence-electron chi connectivity index (χ1n) is 6.21. The van der Waals surface area contributed by atoms with Gasteiger partial charge in [0.05, 0.1) is 12.7 Å². The number of hydrogen-bond acceptors (Lipinski definition) is 5. The van der Waals surface area contributed by atoms with Gasteiger partial charge in [-0.05, 0) is 5.56 Å². The van der Waals surface area contributed by atoms with Crippen LogP contribution < -0.4 is 5.32 Å². The molecule has 1 amide bonds. The third-order valence-electron chi connectivity index (χ3n) is 2.50. The van der Waals surface area contributed by atoms with Crippen molar-refractivity contribution in [1.29, 1.82) is 0 Å². The predicted molar refractivity (Wildman–Crippen MR) is 72.9 cm³/mol. The molecule has 1 aromatic rings. The minimum atomic E-state index is -1.16. The van der Waals surface area contributed by atoms with Gasteiger partial charge >= 0.3 is 6.09 Å². The molecule has 0 saturated carbocycles. The number of rotatable bonds is 7. The fourth-order valence-electron chi connectivity index (χ4n) is 1.41. The van der Waals surface area contributed by atoms with Gasteiger partial charge < -0.3 is 25.4 Å². The van der Waals surface area contributed by atoms with Gasteiger partial charge in [-0.2, -0.15) is 0 Å². The maximum atomic E-state index is 11.4. The van der Waals surface area contributed by atoms with Crippen molar-refractivity contribution in [3.05, 3.63) is 48.0 Å². The van der Waals surface area contributed by atoms with E-state index in [-0.39, 0.29) is 19.8 Å². The smallest absolute Gasteiger partial charge is 0.407 e. The lowest BCUT2D eigenvalue weighted by molar-refractivity contribution is 0.0468. The third kappa shape index (κ3) is 6.33. The summed E-state index contributed by atoms with van der Waals surface area (Å²) in [6, 6.07) is 9.19. The van der Waals surface area contributed by atoms with Gasteiger partial charge in [-0.3, -0.25) is 0 Å². The predicted octanol–water partition coefficient (Wildman–Crippen LogP) is 0.183. The Labute approximate surface area is 117 Å². The Kier molecular flexibility index (Phi) is 7.34. The quantitative estimate of drug-likeness (QED) is 0.534. The molecule has 0 aliphatic carbocycles. The lowest BCUT2D eigenvalue weighted by atomic mass is 10.2. The number of nitrogens with one attached hydrogen (secondary N) is 1. The number of carbonyl (C=O) groups excluding carboxylic acids is 1. The molecule has 6 heteroatoms. The molecule has 0 unspecified atom stereocenters. The van der Waals surface area contributed by atoms with Gasteiger partial charge in [-0.15, -0.1) is 0 Å². The van der Waals surface area contributed by atoms with Crippen LogP contribution in [0, 0.1) is 0 Å². The topological polar surface area (TPSA) is 99.0 Å². The highest BCUT2D eigenvalue weighted by Gasteiger charge is 2.14. The van der Waals surface area contributed by atoms with Crippen molar-refractivity contribution in [1.82, 2.24) is 5.32 Å². The second kappa shape index (κ2) is 9.08. The van der Waals surface area contributed by atoms with Gasteiger partial charge in [0, 0.05) is 6.54 Å². The van der Waals surface area contributed by atoms with Crippen molar-refractivity contribution < 1.29 is 24.9 Å². The molecular formula is C14H19NO5. The SMILES string of the molecule is O=C(NC[C@H](O)[C@@H](O)/C=C/CO)OCc1ccccc1. The van der Waals surface area contributed by atoms with E-state index in [2.05, 4.69) is 5.32 Å². The number of hydrogen-bond donors (Lipinski definition) is 4. The van der Waals surface area contributed by atoms with Gasteiger partial charge in [0.15, 0.2) is 0 Å². The number of carbonyl (C=O) groups is 1. The number of alkyl carbamates (subject to hydrolysis) is 1. The third-order valence-corrected chi connectivity index (χ3v) is 2.50. The molecule has 2 atom stereocenters. The summed E-state index contributed by atoms with van der Waals surface area (Å²) in [7, 11) is 0. The molecular weight excluding hydrogens is 262 g/mol. The standard InChI is InChI=1S/C14H19NO5/c16-8-4-7-12(17)13(18)9-15-14(19)20-10-11-5-2-1-3-6-11/h1-7,12-13,16-18H,8-10H2,(H,15,19)/b7-4+/t12-,13-/m0/s1. The maximum absolute atomic E-state index is 11.4. The van der Waals surface area contributed by atoms with Crippen LogP contribution >= 0.6 is 0 Å². The highest BCUT2D eigenvalue weighted by molar-refractivity contribution is 5.67. The summed E-state index contributed by atoms with van der Waals surface area (Å²) in [5.41, 5.74) is 0.856. The molecule has 0 aliphatic heterocycles. The number of aliphatic hydroxyl groups is 3. The second-order valence-electron chi connectivity index (χ2n) is 4.11. The van der Waals surface area contributed by atoms with Gasteiger partial charge in [-0.1, -0.05) is 42.5 Å². The highest BCUT2D eigenvalue weighted by atomic mass is 16.5. The Balaban J connectivity index is 2.24. The summed E-state index contributed by atoms with van der Waals surface area (Å²) in [6.07, 6.45) is -0.437. The van der Waals surface area contributed by atoms with Crippen LogP contribution in [0.4, 0.5) is 4.79 Å². The molecule has 0 spiro atoms. The van der Waals surface area contributed by atoms with Crippen LogP contribution in [0.15, 0.2) is 42.5 Å². The van der Waals surface area contributed by atoms with Gasteiger partial charge in [0.25, 0.3) is 0 Å². The molecule has 0 radical (unpaired) electrons. The van der Waals surface area contributed by atoms with Crippen LogP contribution in [-0.4, -0.2) is 46.8 Å². The Morgan fingerprint density at radius 2 is 2.00 bits per heavy atom. The van der Waals surface area contributed by atoms with Crippen molar-refractivity contribution in [3.63, 3.8) is 0 Å². The van der Waals surface area contributed by atoms with Crippen LogP contribution in [0.5, 0.6) is 0 Å². The largest absolute Gasteiger partial charge is 0.445 e. The van der Waals surface area contributed by atoms with E-state index in [0.29, 0.717) is 0 Å². The van der Waals surface area contributed by atoms with Crippen molar-refractivity contribution in [3.8, 4) is 0 Å². The van der Waals surface area contributed by atoms with E-state index in [1.165, 1.54) is 12.2 Å². The lowest BCUT2D eigenvalue weighted by Crippen LogP contribution is -2.38. The molecule has 0 saturated heterocycles. The van der Waals surface area contributed by atoms with E-state index in [0.717, 1.165) is 5.56 Å². The van der Waals surface area contributed by atoms with E-state index in [9.17, 15) is 15.0 Å². The van der Waals surface area contributed by atoms with E-state index in [4.69, 9.17) is 9.84 Å². The first kappa shape index (κ1) is 16.2. The van der Waals surface area contributed by atoms with E-state index in [1.54, 1.807) is 0 Å². The Bertz CT molecular complexity index is 421. The van der Waals surface area contributed by atoms with Gasteiger partial charge in [0.2, 0.25) is 0 Å². The zero-order valence-electron chi connectivity index (χ0n) is 11.0. The van der Waals surface area contributed by atoms with Crippen LogP contribution in [-0.2, 0) is 11.3 Å². The highest BCUT2D eigenvalue weighted by Crippen LogP contribution is 2.00. The molecule has 0 fully saturated rings. The number of ether oxygens (including phenoxy) is 1. The second-order valence-corrected chi connectivity index (χ2v) is 4.11. The van der Waals surface area contributed by atoms with Crippen molar-refractivity contribution in [2.24, 2.45) is 0 Å². The number of aliphatic hydroxyl groups excluding tert-OH is 3. The minimum absolute atomic E-state index is 0.135. The zero-order chi connectivity index (χ0) is 14.8. The van der Waals surface area contributed by atoms with E-state index in [1.807, 2.05) is 30.3 Å². The van der Waals surface area contributed by atoms with Crippen LogP contribution in [0.2, 0.25) is 0 Å². The molecule has 110 valence electrons. The molecule has 0 aliphatic rings. The number of benzene rings is 1. The summed E-state index contributed by atoms with van der Waals surface area (Å²) in [6.45, 7) is -0.239. The summed E-state index contributed by atoms with van der Waals surface area (Å²) in [5, 5.41) is 29.8. The summed E-state index contributed by atoms with van der Waals surface area (Å²) in [5.74, 6) is 0. The maximum Gasteiger partial charge on any atom is 0.407 e. The average molecular weight is 281 g/mol. The Hall–Kier alpha value is -1.89. The molecule has 4 N–H and O–H groups in total. The molecule has 0 bridgehead atoms. The van der Waals surface area contributed by atoms with E-state index >= 15 is 0 Å². The minimum Gasteiger partial charge on any atom is -0.445 e. The van der Waals surface area contributed by atoms with E-state index < -0.39 is 18.3 Å². The summed E-state index contributed by atoms with van der Waals surface area (Å²) in [4.78, 5) is 11.4. The Morgan fingerprint density at radius 1 is 1.30 bits per heavy atom. The van der Waals surface area contributed by atoms with Crippen LogP contribution in [0.3, 0.4) is 0 Å². The Morgan fingerprint density at radius 3 is 2.65 bits per heavy atom. The first-order valence-corrected chi connectivity index (χ1v) is 6.21. The molecule has 6 nitrogen and oxygen atoms in total. The normalized spacial score (nSPS) is 13.9. The molecule has 0 aromatic heterocycles. The van der Waals surface area contributed by atoms with Crippen molar-refractivity contribution in [2.45, 2.75) is 18.8 Å². The average Bonchev–Trinajstić information content (AvgIpc) is 2.49. The fraction of sp³-hybridized carbons (Fsp3) is 0.357. The summed E-state index contributed by atoms with van der Waals surface area (Å²) >= 11 is 0. The summed E-state index contributed by atoms with van der Waals surface area (Å²) < 4.78 is 4.94. The van der Waals surface area contributed by atoms with Gasteiger partial charge in [0.1, 0.15) is 12.7 Å². The monoisotopic (exact) mass is 281 g/mol. The molecule has 1 rings (SSSR count). The fourth-order valence-corrected chi connectivity index (χ4v) is 1.41. The molecule has 0 heterocycles. The first-order chi connectivity index (χ1) is 9.63. The zero-order valence-corrected chi connectivity index (χ0v) is 11.0. The lowest BCUT2D eigenvalue weighted by Gasteiger charge is -2.15. The molecule has 20 heavy (non-hydrogen) atoms. The van der Waals surface area contributed by atoms with Crippen LogP contribution in [0.1, 0.15) is 5.56 Å².